The minimum atomic E-state index is -0.351. The lowest BCUT2D eigenvalue weighted by atomic mass is 9.96. The number of likely N-dealkylation sites (tertiary alicyclic amines) is 1. The number of ether oxygens (including phenoxy) is 1. The summed E-state index contributed by atoms with van der Waals surface area (Å²) in [4.78, 5) is 30.4. The molecule has 2 aromatic carbocycles. The van der Waals surface area contributed by atoms with E-state index in [0.717, 1.165) is 18.4 Å². The second kappa shape index (κ2) is 8.32. The maximum Gasteiger partial charge on any atom is 0.282 e. The Bertz CT molecular complexity index is 1010. The summed E-state index contributed by atoms with van der Waals surface area (Å²) in [7, 11) is 1.56. The third kappa shape index (κ3) is 3.48. The van der Waals surface area contributed by atoms with Crippen LogP contribution in [0.5, 0.6) is 5.75 Å². The van der Waals surface area contributed by atoms with E-state index in [1.165, 1.54) is 4.90 Å². The zero-order chi connectivity index (χ0) is 21.3. The number of aliphatic hydroxyl groups is 1. The predicted molar refractivity (Wildman–Crippen MR) is 115 cm³/mol. The number of amides is 2. The van der Waals surface area contributed by atoms with E-state index in [4.69, 9.17) is 4.74 Å². The molecule has 0 radical (unpaired) electrons. The van der Waals surface area contributed by atoms with Crippen molar-refractivity contribution >= 4 is 23.1 Å². The highest BCUT2D eigenvalue weighted by Crippen LogP contribution is 2.39. The minimum absolute atomic E-state index is 0.0670. The number of hydrogen-bond donors (Lipinski definition) is 1. The molecule has 4 rings (SSSR count). The van der Waals surface area contributed by atoms with Gasteiger partial charge in [-0.15, -0.1) is 0 Å². The van der Waals surface area contributed by atoms with Crippen molar-refractivity contribution in [1.29, 1.82) is 0 Å². The number of benzene rings is 2. The van der Waals surface area contributed by atoms with Crippen LogP contribution in [0.2, 0.25) is 0 Å². The number of imide groups is 1. The fourth-order valence-corrected chi connectivity index (χ4v) is 4.32. The molecule has 0 aromatic heterocycles. The smallest absolute Gasteiger partial charge is 0.282 e. The molecule has 6 nitrogen and oxygen atoms in total. The number of aliphatic hydroxyl groups excluding tert-OH is 1. The fraction of sp³-hybridized carbons (Fsp3) is 0.333. The van der Waals surface area contributed by atoms with E-state index >= 15 is 0 Å². The van der Waals surface area contributed by atoms with Gasteiger partial charge in [0.1, 0.15) is 11.4 Å². The fourth-order valence-electron chi connectivity index (χ4n) is 4.32. The highest BCUT2D eigenvalue weighted by Gasteiger charge is 2.44. The quantitative estimate of drug-likeness (QED) is 0.773. The van der Waals surface area contributed by atoms with Crippen molar-refractivity contribution in [3.63, 3.8) is 0 Å². The molecule has 1 unspecified atom stereocenters. The summed E-state index contributed by atoms with van der Waals surface area (Å²) in [5, 5.41) is 9.67. The number of methoxy groups -OCH3 is 1. The molecular weight excluding hydrogens is 380 g/mol. The molecule has 1 saturated heterocycles. The molecule has 0 bridgehead atoms. The largest absolute Gasteiger partial charge is 0.496 e. The van der Waals surface area contributed by atoms with Crippen LogP contribution in [-0.2, 0) is 9.59 Å². The van der Waals surface area contributed by atoms with Crippen LogP contribution in [0.25, 0.3) is 5.57 Å². The number of hydrogen-bond acceptors (Lipinski definition) is 5. The van der Waals surface area contributed by atoms with Crippen molar-refractivity contribution in [2.24, 2.45) is 5.92 Å². The van der Waals surface area contributed by atoms with Crippen LogP contribution in [0.1, 0.15) is 24.0 Å². The summed E-state index contributed by atoms with van der Waals surface area (Å²) >= 11 is 0. The first-order valence-corrected chi connectivity index (χ1v) is 10.2. The summed E-state index contributed by atoms with van der Waals surface area (Å²) in [5.41, 5.74) is 2.89. The predicted octanol–water partition coefficient (Wildman–Crippen LogP) is 2.99. The van der Waals surface area contributed by atoms with Crippen molar-refractivity contribution < 1.29 is 19.4 Å². The van der Waals surface area contributed by atoms with Gasteiger partial charge in [-0.1, -0.05) is 30.3 Å². The monoisotopic (exact) mass is 406 g/mol. The van der Waals surface area contributed by atoms with E-state index in [2.05, 4.69) is 0 Å². The maximum absolute atomic E-state index is 13.6. The number of carbonyl (C=O) groups is 2. The Morgan fingerprint density at radius 2 is 1.90 bits per heavy atom. The maximum atomic E-state index is 13.6. The lowest BCUT2D eigenvalue weighted by molar-refractivity contribution is -0.120. The first-order valence-electron chi connectivity index (χ1n) is 10.2. The van der Waals surface area contributed by atoms with Crippen LogP contribution in [0, 0.1) is 12.8 Å². The van der Waals surface area contributed by atoms with E-state index in [9.17, 15) is 14.7 Å². The normalized spacial score (nSPS) is 19.6. The van der Waals surface area contributed by atoms with Crippen LogP contribution >= 0.6 is 0 Å². The number of aryl methyl sites for hydroxylation is 1. The van der Waals surface area contributed by atoms with Crippen molar-refractivity contribution in [1.82, 2.24) is 4.90 Å². The third-order valence-corrected chi connectivity index (χ3v) is 5.79. The Labute approximate surface area is 176 Å². The summed E-state index contributed by atoms with van der Waals surface area (Å²) in [6.45, 7) is 3.22. The Kier molecular flexibility index (Phi) is 5.59. The average molecular weight is 406 g/mol. The average Bonchev–Trinajstić information content (AvgIpc) is 3.03. The van der Waals surface area contributed by atoms with Crippen molar-refractivity contribution in [2.45, 2.75) is 19.8 Å². The molecule has 2 aromatic rings. The molecule has 156 valence electrons. The van der Waals surface area contributed by atoms with Gasteiger partial charge in [-0.05, 0) is 49.4 Å². The lowest BCUT2D eigenvalue weighted by Crippen LogP contribution is -2.40. The molecule has 0 saturated carbocycles. The second-order valence-electron chi connectivity index (χ2n) is 7.85. The summed E-state index contributed by atoms with van der Waals surface area (Å²) in [5.74, 6) is -0.0460. The highest BCUT2D eigenvalue weighted by atomic mass is 16.5. The minimum Gasteiger partial charge on any atom is -0.496 e. The zero-order valence-corrected chi connectivity index (χ0v) is 17.3. The molecule has 2 aliphatic rings. The summed E-state index contributed by atoms with van der Waals surface area (Å²) < 4.78 is 5.50. The van der Waals surface area contributed by atoms with E-state index in [1.807, 2.05) is 48.2 Å². The van der Waals surface area contributed by atoms with Gasteiger partial charge in [-0.3, -0.25) is 9.59 Å². The zero-order valence-electron chi connectivity index (χ0n) is 17.3. The third-order valence-electron chi connectivity index (χ3n) is 5.79. The summed E-state index contributed by atoms with van der Waals surface area (Å²) in [6, 6.07) is 14.7. The van der Waals surface area contributed by atoms with Gasteiger partial charge in [0.05, 0.1) is 18.4 Å². The van der Waals surface area contributed by atoms with Gasteiger partial charge in [-0.25, -0.2) is 4.90 Å². The standard InChI is InChI=1S/C24H26N2O4/c1-16-7-5-9-18(13-16)26-23(28)21(19-10-3-4-11-20(19)30-2)22(24(26)29)25-12-6-8-17(14-25)15-27/h3-5,7,9-11,13,17,27H,6,8,12,14-15H2,1-2H3. The first-order chi connectivity index (χ1) is 14.5. The number of anilines is 1. The SMILES string of the molecule is COc1ccccc1C1=C(N2CCCC(CO)C2)C(=O)N(c2cccc(C)c2)C1=O. The van der Waals surface area contributed by atoms with Gasteiger partial charge < -0.3 is 14.7 Å². The molecule has 1 N–H and O–H groups in total. The summed E-state index contributed by atoms with van der Waals surface area (Å²) in [6.07, 6.45) is 1.77. The highest BCUT2D eigenvalue weighted by molar-refractivity contribution is 6.45. The number of para-hydroxylation sites is 1. The molecule has 0 aliphatic carbocycles. The Morgan fingerprint density at radius 3 is 2.63 bits per heavy atom. The molecule has 0 spiro atoms. The lowest BCUT2D eigenvalue weighted by Gasteiger charge is -2.34. The van der Waals surface area contributed by atoms with Gasteiger partial charge in [0, 0.05) is 25.3 Å². The van der Waals surface area contributed by atoms with Gasteiger partial charge in [-0.2, -0.15) is 0 Å². The second-order valence-corrected chi connectivity index (χ2v) is 7.85. The van der Waals surface area contributed by atoms with E-state index in [-0.39, 0.29) is 24.3 Å². The van der Waals surface area contributed by atoms with Gasteiger partial charge in [0.15, 0.2) is 0 Å². The van der Waals surface area contributed by atoms with E-state index < -0.39 is 0 Å². The van der Waals surface area contributed by atoms with E-state index in [1.54, 1.807) is 19.2 Å². The van der Waals surface area contributed by atoms with Crippen molar-refractivity contribution in [3.05, 3.63) is 65.4 Å². The van der Waals surface area contributed by atoms with Crippen LogP contribution in [0.4, 0.5) is 5.69 Å². The first kappa shape index (κ1) is 20.2. The van der Waals surface area contributed by atoms with Crippen molar-refractivity contribution in [3.8, 4) is 5.75 Å². The van der Waals surface area contributed by atoms with Crippen molar-refractivity contribution in [2.75, 3.05) is 31.7 Å². The number of rotatable bonds is 5. The molecule has 6 heteroatoms. The van der Waals surface area contributed by atoms with Crippen LogP contribution in [-0.4, -0.2) is 48.6 Å². The van der Waals surface area contributed by atoms with E-state index in [0.29, 0.717) is 41.4 Å². The number of carbonyl (C=O) groups excluding carboxylic acids is 2. The van der Waals surface area contributed by atoms with Gasteiger partial charge >= 0.3 is 0 Å². The molecule has 2 aliphatic heterocycles. The molecule has 2 amide bonds. The van der Waals surface area contributed by atoms with Gasteiger partial charge in [0.2, 0.25) is 0 Å². The molecule has 2 heterocycles. The Hall–Kier alpha value is -3.12. The Morgan fingerprint density at radius 1 is 1.10 bits per heavy atom. The molecular formula is C24H26N2O4. The van der Waals surface area contributed by atoms with Gasteiger partial charge in [0.25, 0.3) is 11.8 Å². The molecule has 1 fully saturated rings. The molecule has 1 atom stereocenters. The number of nitrogens with zero attached hydrogens (tertiary/aromatic N) is 2. The molecule has 30 heavy (non-hydrogen) atoms. The van der Waals surface area contributed by atoms with Crippen LogP contribution in [0.3, 0.4) is 0 Å². The van der Waals surface area contributed by atoms with Crippen LogP contribution < -0.4 is 9.64 Å². The van der Waals surface area contributed by atoms with Crippen LogP contribution in [0.15, 0.2) is 54.2 Å². The topological polar surface area (TPSA) is 70.1 Å². The number of piperidine rings is 1. The Balaban J connectivity index is 1.86.